The summed E-state index contributed by atoms with van der Waals surface area (Å²) >= 11 is 0. The zero-order valence-corrected chi connectivity index (χ0v) is 37.2. The van der Waals surface area contributed by atoms with Gasteiger partial charge < -0.3 is 13.6 Å². The third kappa shape index (κ3) is 10.3. The molecule has 1 fully saturated rings. The Morgan fingerprint density at radius 1 is 0.314 bits per heavy atom. The van der Waals surface area contributed by atoms with Crippen molar-refractivity contribution in [1.29, 1.82) is 0 Å². The van der Waals surface area contributed by atoms with Crippen LogP contribution in [-0.4, -0.2) is 0 Å². The average molecular weight is 757 g/mol. The van der Waals surface area contributed by atoms with E-state index in [9.17, 15) is 0 Å². The molecule has 0 amide bonds. The molecule has 0 atom stereocenters. The quantitative estimate of drug-likeness (QED) is 0.234. The molecule has 0 bridgehead atoms. The van der Waals surface area contributed by atoms with E-state index in [4.69, 9.17) is 26.5 Å². The van der Waals surface area contributed by atoms with Gasteiger partial charge in [0, 0.05) is 33.4 Å². The third-order valence-electron chi connectivity index (χ3n) is 8.79. The first-order chi connectivity index (χ1) is 23.1. The molecule has 1 aliphatic rings. The van der Waals surface area contributed by atoms with Gasteiger partial charge in [-0.25, -0.2) is 12.9 Å². The lowest BCUT2D eigenvalue weighted by atomic mass is 9.79. The predicted octanol–water partition coefficient (Wildman–Crippen LogP) is 14.8. The number of rotatable bonds is 6. The molecule has 3 aromatic rings. The summed E-state index contributed by atoms with van der Waals surface area (Å²) < 4.78 is 40.5. The van der Waals surface area contributed by atoms with Crippen LogP contribution in [0.3, 0.4) is 0 Å². The molecule has 0 saturated carbocycles. The molecule has 1 aliphatic heterocycles. The third-order valence-corrected chi connectivity index (χ3v) is 13.0. The molecule has 1 heterocycles. The summed E-state index contributed by atoms with van der Waals surface area (Å²) in [6, 6.07) is 19.1. The molecule has 282 valence electrons. The highest BCUT2D eigenvalue weighted by Crippen LogP contribution is 2.73. The molecular formula is C42H63O6P3. The van der Waals surface area contributed by atoms with Gasteiger partial charge in [-0.15, -0.1) is 0 Å². The van der Waals surface area contributed by atoms with Gasteiger partial charge in [-0.05, 0) is 32.5 Å². The second-order valence-corrected chi connectivity index (χ2v) is 23.6. The maximum absolute atomic E-state index is 6.91. The summed E-state index contributed by atoms with van der Waals surface area (Å²) in [5.74, 6) is 2.31. The van der Waals surface area contributed by atoms with Gasteiger partial charge in [0.15, 0.2) is 0 Å². The molecular weight excluding hydrogens is 693 g/mol. The number of para-hydroxylation sites is 3. The van der Waals surface area contributed by atoms with Crippen molar-refractivity contribution in [1.82, 2.24) is 0 Å². The molecule has 0 aromatic heterocycles. The summed E-state index contributed by atoms with van der Waals surface area (Å²) in [6.45, 7) is 39.5. The Morgan fingerprint density at radius 2 is 0.471 bits per heavy atom. The Kier molecular flexibility index (Phi) is 12.2. The summed E-state index contributed by atoms with van der Waals surface area (Å²) in [7, 11) is -6.04. The minimum absolute atomic E-state index is 0.193. The molecule has 4 rings (SSSR count). The zero-order valence-electron chi connectivity index (χ0n) is 34.5. The van der Waals surface area contributed by atoms with Crippen LogP contribution in [0.5, 0.6) is 17.2 Å². The van der Waals surface area contributed by atoms with E-state index in [0.717, 1.165) is 50.6 Å². The van der Waals surface area contributed by atoms with Crippen LogP contribution < -0.4 is 13.6 Å². The van der Waals surface area contributed by atoms with E-state index in [2.05, 4.69) is 179 Å². The average Bonchev–Trinajstić information content (AvgIpc) is 2.94. The molecule has 0 radical (unpaired) electrons. The van der Waals surface area contributed by atoms with E-state index in [0.29, 0.717) is 0 Å². The van der Waals surface area contributed by atoms with Gasteiger partial charge in [0.1, 0.15) is 17.2 Å². The Hall–Kier alpha value is -1.77. The minimum atomic E-state index is -2.01. The highest BCUT2D eigenvalue weighted by molar-refractivity contribution is 7.69. The predicted molar refractivity (Wildman–Crippen MR) is 217 cm³/mol. The summed E-state index contributed by atoms with van der Waals surface area (Å²) in [5.41, 5.74) is 5.30. The van der Waals surface area contributed by atoms with E-state index < -0.39 is 25.8 Å². The number of hydrogen-bond acceptors (Lipinski definition) is 6. The molecule has 0 N–H and O–H groups in total. The topological polar surface area (TPSA) is 55.4 Å². The van der Waals surface area contributed by atoms with Crippen molar-refractivity contribution in [2.75, 3.05) is 0 Å². The van der Waals surface area contributed by atoms with E-state index in [-0.39, 0.29) is 32.5 Å². The van der Waals surface area contributed by atoms with E-state index in [1.807, 2.05) is 0 Å². The molecule has 9 heteroatoms. The first-order valence-electron chi connectivity index (χ1n) is 18.0. The van der Waals surface area contributed by atoms with Gasteiger partial charge in [-0.1, -0.05) is 179 Å². The summed E-state index contributed by atoms with van der Waals surface area (Å²) in [4.78, 5) is 0. The van der Waals surface area contributed by atoms with Crippen LogP contribution in [0.2, 0.25) is 0 Å². The van der Waals surface area contributed by atoms with Gasteiger partial charge in [-0.2, -0.15) is 0 Å². The molecule has 0 spiro atoms. The van der Waals surface area contributed by atoms with E-state index >= 15 is 0 Å². The van der Waals surface area contributed by atoms with Crippen LogP contribution in [0.15, 0.2) is 54.6 Å². The van der Waals surface area contributed by atoms with E-state index in [1.54, 1.807) is 0 Å². The fraction of sp³-hybridized carbons (Fsp3) is 0.571. The highest BCUT2D eigenvalue weighted by atomic mass is 31.3. The fourth-order valence-corrected chi connectivity index (χ4v) is 10.3. The SMILES string of the molecule is CC(C)(C)c1cccc(C(C)(C)C)c1OP1OP(Oc2c(C(C)(C)C)cccc2C(C)(C)C)OP(Oc2c(C(C)(C)C)cccc2C(C)(C)C)O1. The van der Waals surface area contributed by atoms with Crippen molar-refractivity contribution in [2.24, 2.45) is 0 Å². The van der Waals surface area contributed by atoms with Crippen LogP contribution in [0, 0.1) is 0 Å². The monoisotopic (exact) mass is 756 g/mol. The molecule has 6 nitrogen and oxygen atoms in total. The van der Waals surface area contributed by atoms with Gasteiger partial charge in [0.05, 0.1) is 0 Å². The summed E-state index contributed by atoms with van der Waals surface area (Å²) in [6.07, 6.45) is 0. The molecule has 0 aliphatic carbocycles. The zero-order chi connectivity index (χ0) is 38.5. The lowest BCUT2D eigenvalue weighted by Gasteiger charge is -2.36. The number of hydrogen-bond donors (Lipinski definition) is 0. The maximum atomic E-state index is 6.91. The van der Waals surface area contributed by atoms with Crippen LogP contribution in [0.4, 0.5) is 0 Å². The Labute approximate surface area is 313 Å². The maximum Gasteiger partial charge on any atom is 0.413 e. The van der Waals surface area contributed by atoms with Crippen molar-refractivity contribution in [3.63, 3.8) is 0 Å². The van der Waals surface area contributed by atoms with Gasteiger partial charge >= 0.3 is 25.8 Å². The largest absolute Gasteiger partial charge is 0.426 e. The van der Waals surface area contributed by atoms with Crippen molar-refractivity contribution in [3.8, 4) is 17.2 Å². The Balaban J connectivity index is 1.88. The molecule has 51 heavy (non-hydrogen) atoms. The Morgan fingerprint density at radius 3 is 0.608 bits per heavy atom. The fourth-order valence-electron chi connectivity index (χ4n) is 5.98. The van der Waals surface area contributed by atoms with Crippen molar-refractivity contribution in [3.05, 3.63) is 88.0 Å². The van der Waals surface area contributed by atoms with Gasteiger partial charge in [0.2, 0.25) is 0 Å². The second kappa shape index (κ2) is 14.8. The van der Waals surface area contributed by atoms with Crippen LogP contribution in [0.1, 0.15) is 158 Å². The molecule has 3 aromatic carbocycles. The molecule has 1 saturated heterocycles. The standard InChI is InChI=1S/C42H63O6P3/c1-37(2,3)28-22-19-23-29(38(4,5)6)34(28)43-49-46-50(44-35-30(39(7,8)9)24-20-25-31(35)40(10,11)12)48-51(47-49)45-36-32(41(13,14)15)26-21-27-33(36)42(16,17)18/h19-27H,1-18H3. The number of benzene rings is 3. The van der Waals surface area contributed by atoms with Crippen molar-refractivity contribution in [2.45, 2.75) is 157 Å². The van der Waals surface area contributed by atoms with Crippen molar-refractivity contribution >= 4 is 25.8 Å². The smallest absolute Gasteiger partial charge is 0.413 e. The summed E-state index contributed by atoms with van der Waals surface area (Å²) in [5, 5.41) is 0. The van der Waals surface area contributed by atoms with Crippen molar-refractivity contribution < 1.29 is 26.5 Å². The van der Waals surface area contributed by atoms with Gasteiger partial charge in [0.25, 0.3) is 0 Å². The van der Waals surface area contributed by atoms with Crippen LogP contribution >= 0.6 is 25.8 Å². The first kappa shape index (κ1) is 42.0. The molecule has 0 unspecified atom stereocenters. The van der Waals surface area contributed by atoms with Gasteiger partial charge in [-0.3, -0.25) is 0 Å². The van der Waals surface area contributed by atoms with Crippen LogP contribution in [-0.2, 0) is 45.4 Å². The Bertz CT molecular complexity index is 1380. The second-order valence-electron chi connectivity index (χ2n) is 19.7. The van der Waals surface area contributed by atoms with E-state index in [1.165, 1.54) is 0 Å². The lowest BCUT2D eigenvalue weighted by Crippen LogP contribution is -2.21. The lowest BCUT2D eigenvalue weighted by molar-refractivity contribution is 0.271. The first-order valence-corrected chi connectivity index (χ1v) is 21.3. The highest BCUT2D eigenvalue weighted by Gasteiger charge is 2.45. The normalized spacial score (nSPS) is 19.5. The minimum Gasteiger partial charge on any atom is -0.426 e. The van der Waals surface area contributed by atoms with Crippen LogP contribution in [0.25, 0.3) is 0 Å².